The highest BCUT2D eigenvalue weighted by Gasteiger charge is 2.26. The van der Waals surface area contributed by atoms with Crippen LogP contribution in [0.2, 0.25) is 0 Å². The van der Waals surface area contributed by atoms with Crippen LogP contribution in [0, 0.1) is 5.82 Å². The van der Waals surface area contributed by atoms with E-state index in [0.717, 1.165) is 24.2 Å². The van der Waals surface area contributed by atoms with Gasteiger partial charge in [-0.05, 0) is 67.5 Å². The van der Waals surface area contributed by atoms with Gasteiger partial charge in [0.05, 0.1) is 6.04 Å². The summed E-state index contributed by atoms with van der Waals surface area (Å²) in [5, 5.41) is 2.16. The number of benzene rings is 1. The number of hydrogen-bond donors (Lipinski definition) is 1. The van der Waals surface area contributed by atoms with Crippen LogP contribution in [0.3, 0.4) is 0 Å². The Bertz CT molecular complexity index is 635. The lowest BCUT2D eigenvalue weighted by atomic mass is 9.97. The monoisotopic (exact) mass is 304 g/mol. The van der Waals surface area contributed by atoms with Crippen molar-refractivity contribution in [3.63, 3.8) is 0 Å². The van der Waals surface area contributed by atoms with E-state index in [1.165, 1.54) is 10.4 Å². The number of rotatable bonds is 3. The first kappa shape index (κ1) is 14.5. The highest BCUT2D eigenvalue weighted by atomic mass is 32.1. The number of thiophene rings is 1. The predicted octanol–water partition coefficient (Wildman–Crippen LogP) is 3.90. The van der Waals surface area contributed by atoms with Crippen molar-refractivity contribution in [2.45, 2.75) is 38.8 Å². The largest absolute Gasteiger partial charge is 0.364 e. The van der Waals surface area contributed by atoms with Crippen LogP contribution < -0.4 is 10.6 Å². The van der Waals surface area contributed by atoms with Crippen molar-refractivity contribution in [3.8, 4) is 0 Å². The Balaban J connectivity index is 1.97. The minimum Gasteiger partial charge on any atom is -0.364 e. The molecule has 0 radical (unpaired) electrons. The van der Waals surface area contributed by atoms with E-state index in [-0.39, 0.29) is 11.9 Å². The molecule has 1 aliphatic rings. The molecule has 1 aliphatic heterocycles. The van der Waals surface area contributed by atoms with Gasteiger partial charge >= 0.3 is 0 Å². The van der Waals surface area contributed by atoms with Crippen molar-refractivity contribution in [3.05, 3.63) is 51.5 Å². The summed E-state index contributed by atoms with van der Waals surface area (Å²) in [4.78, 5) is 3.86. The summed E-state index contributed by atoms with van der Waals surface area (Å²) in [6, 6.07) is 7.66. The molecule has 0 bridgehead atoms. The van der Waals surface area contributed by atoms with Gasteiger partial charge in [-0.3, -0.25) is 0 Å². The van der Waals surface area contributed by atoms with E-state index >= 15 is 0 Å². The Morgan fingerprint density at radius 2 is 2.24 bits per heavy atom. The first-order valence-corrected chi connectivity index (χ1v) is 8.31. The Morgan fingerprint density at radius 1 is 1.43 bits per heavy atom. The third kappa shape index (κ3) is 2.83. The van der Waals surface area contributed by atoms with Gasteiger partial charge in [-0.1, -0.05) is 0 Å². The maximum absolute atomic E-state index is 13.6. The van der Waals surface area contributed by atoms with Crippen molar-refractivity contribution < 1.29 is 4.39 Å². The minimum absolute atomic E-state index is 0.0300. The molecule has 2 N–H and O–H groups in total. The van der Waals surface area contributed by atoms with Gasteiger partial charge in [-0.2, -0.15) is 0 Å². The molecule has 2 atom stereocenters. The molecule has 0 fully saturated rings. The van der Waals surface area contributed by atoms with Gasteiger partial charge in [0.2, 0.25) is 0 Å². The van der Waals surface area contributed by atoms with Gasteiger partial charge in [0.15, 0.2) is 0 Å². The average Bonchev–Trinajstić information content (AvgIpc) is 2.89. The third-order valence-electron chi connectivity index (χ3n) is 4.17. The molecule has 2 aromatic rings. The van der Waals surface area contributed by atoms with E-state index in [1.54, 1.807) is 12.1 Å². The average molecular weight is 304 g/mol. The van der Waals surface area contributed by atoms with Crippen LogP contribution in [0.15, 0.2) is 29.6 Å². The Labute approximate surface area is 129 Å². The van der Waals surface area contributed by atoms with Crippen LogP contribution in [0.5, 0.6) is 0 Å². The standard InChI is InChI=1S/C17H21FN2S/c1-11(19)9-13-10-14(18)3-4-16(13)20-7-5-17-15(12(20)2)6-8-21-17/h3-4,6,8,10-12H,5,7,9,19H2,1-2H3. The summed E-state index contributed by atoms with van der Waals surface area (Å²) < 4.78 is 13.6. The zero-order valence-electron chi connectivity index (χ0n) is 12.5. The van der Waals surface area contributed by atoms with Crippen LogP contribution in [0.1, 0.15) is 35.9 Å². The maximum Gasteiger partial charge on any atom is 0.123 e. The molecule has 21 heavy (non-hydrogen) atoms. The second-order valence-corrected chi connectivity index (χ2v) is 6.87. The maximum atomic E-state index is 13.6. The number of hydrogen-bond acceptors (Lipinski definition) is 3. The van der Waals surface area contributed by atoms with Crippen LogP contribution >= 0.6 is 11.3 Å². The lowest BCUT2D eigenvalue weighted by molar-refractivity contribution is 0.609. The Morgan fingerprint density at radius 3 is 3.00 bits per heavy atom. The molecule has 3 rings (SSSR count). The second kappa shape index (κ2) is 5.78. The molecule has 0 saturated heterocycles. The van der Waals surface area contributed by atoms with Gasteiger partial charge in [0.1, 0.15) is 5.82 Å². The van der Waals surface area contributed by atoms with Gasteiger partial charge in [0.25, 0.3) is 0 Å². The number of anilines is 1. The molecule has 0 spiro atoms. The van der Waals surface area contributed by atoms with E-state index in [2.05, 4.69) is 23.3 Å². The molecule has 1 aromatic carbocycles. The molecular formula is C17H21FN2S. The summed E-state index contributed by atoms with van der Waals surface area (Å²) in [6.45, 7) is 5.17. The molecule has 1 aromatic heterocycles. The number of halogens is 1. The fourth-order valence-electron chi connectivity index (χ4n) is 3.18. The van der Waals surface area contributed by atoms with Gasteiger partial charge < -0.3 is 10.6 Å². The smallest absolute Gasteiger partial charge is 0.123 e. The highest BCUT2D eigenvalue weighted by Crippen LogP contribution is 2.37. The SMILES string of the molecule is CC(N)Cc1cc(F)ccc1N1CCc2sccc2C1C. The first-order chi connectivity index (χ1) is 10.1. The highest BCUT2D eigenvalue weighted by molar-refractivity contribution is 7.10. The molecule has 2 heterocycles. The molecule has 4 heteroatoms. The Kier molecular flexibility index (Phi) is 4.00. The van der Waals surface area contributed by atoms with Crippen LogP contribution in [-0.2, 0) is 12.8 Å². The van der Waals surface area contributed by atoms with Crippen molar-refractivity contribution >= 4 is 17.0 Å². The summed E-state index contributed by atoms with van der Waals surface area (Å²) >= 11 is 1.84. The van der Waals surface area contributed by atoms with Gasteiger partial charge in [-0.15, -0.1) is 11.3 Å². The lowest BCUT2D eigenvalue weighted by Gasteiger charge is -2.37. The molecule has 2 nitrogen and oxygen atoms in total. The minimum atomic E-state index is -0.185. The van der Waals surface area contributed by atoms with Crippen molar-refractivity contribution in [2.75, 3.05) is 11.4 Å². The molecule has 0 amide bonds. The quantitative estimate of drug-likeness (QED) is 0.932. The molecular weight excluding hydrogens is 283 g/mol. The fourth-order valence-corrected chi connectivity index (χ4v) is 4.15. The van der Waals surface area contributed by atoms with E-state index in [1.807, 2.05) is 24.3 Å². The third-order valence-corrected chi connectivity index (χ3v) is 5.17. The second-order valence-electron chi connectivity index (χ2n) is 5.87. The summed E-state index contributed by atoms with van der Waals surface area (Å²) in [7, 11) is 0. The first-order valence-electron chi connectivity index (χ1n) is 7.43. The van der Waals surface area contributed by atoms with Crippen LogP contribution in [0.25, 0.3) is 0 Å². The normalized spacial score (nSPS) is 19.4. The lowest BCUT2D eigenvalue weighted by Crippen LogP contribution is -2.34. The zero-order chi connectivity index (χ0) is 15.0. The van der Waals surface area contributed by atoms with Gasteiger partial charge in [-0.25, -0.2) is 4.39 Å². The van der Waals surface area contributed by atoms with Crippen molar-refractivity contribution in [1.29, 1.82) is 0 Å². The molecule has 0 aliphatic carbocycles. The molecule has 112 valence electrons. The molecule has 2 unspecified atom stereocenters. The van der Waals surface area contributed by atoms with E-state index in [9.17, 15) is 4.39 Å². The van der Waals surface area contributed by atoms with Crippen LogP contribution in [-0.4, -0.2) is 12.6 Å². The Hall–Kier alpha value is -1.39. The molecule has 0 saturated carbocycles. The number of fused-ring (bicyclic) bond motifs is 1. The zero-order valence-corrected chi connectivity index (χ0v) is 13.3. The predicted molar refractivity (Wildman–Crippen MR) is 87.5 cm³/mol. The topological polar surface area (TPSA) is 29.3 Å². The van der Waals surface area contributed by atoms with E-state index < -0.39 is 0 Å². The summed E-state index contributed by atoms with van der Waals surface area (Å²) in [5.41, 5.74) is 9.47. The summed E-state index contributed by atoms with van der Waals surface area (Å²) in [6.07, 6.45) is 1.76. The van der Waals surface area contributed by atoms with Crippen LogP contribution in [0.4, 0.5) is 10.1 Å². The fraction of sp³-hybridized carbons (Fsp3) is 0.412. The number of nitrogens with two attached hydrogens (primary N) is 1. The summed E-state index contributed by atoms with van der Waals surface area (Å²) in [5.74, 6) is -0.185. The number of nitrogens with zero attached hydrogens (tertiary/aromatic N) is 1. The van der Waals surface area contributed by atoms with Crippen molar-refractivity contribution in [1.82, 2.24) is 0 Å². The van der Waals surface area contributed by atoms with Gasteiger partial charge in [0, 0.05) is 23.2 Å². The van der Waals surface area contributed by atoms with Crippen molar-refractivity contribution in [2.24, 2.45) is 5.73 Å². The van der Waals surface area contributed by atoms with E-state index in [0.29, 0.717) is 12.5 Å². The van der Waals surface area contributed by atoms with E-state index in [4.69, 9.17) is 5.73 Å².